The fourth-order valence-corrected chi connectivity index (χ4v) is 2.51. The second-order valence-electron chi connectivity index (χ2n) is 4.99. The van der Waals surface area contributed by atoms with Crippen LogP contribution in [0.15, 0.2) is 42.6 Å². The minimum absolute atomic E-state index is 0.742. The van der Waals surface area contributed by atoms with Crippen molar-refractivity contribution in [3.63, 3.8) is 0 Å². The summed E-state index contributed by atoms with van der Waals surface area (Å²) in [6.07, 6.45) is 1.75. The molecule has 0 bridgehead atoms. The summed E-state index contributed by atoms with van der Waals surface area (Å²) >= 11 is 0. The molecule has 21 heavy (non-hydrogen) atoms. The van der Waals surface area contributed by atoms with E-state index in [9.17, 15) is 0 Å². The van der Waals surface area contributed by atoms with Crippen molar-refractivity contribution in [3.05, 3.63) is 54.0 Å². The van der Waals surface area contributed by atoms with E-state index in [-0.39, 0.29) is 0 Å². The van der Waals surface area contributed by atoms with Crippen molar-refractivity contribution in [1.29, 1.82) is 0 Å². The number of nitrogens with zero attached hydrogens (tertiary/aromatic N) is 2. The van der Waals surface area contributed by atoms with E-state index in [1.807, 2.05) is 18.2 Å². The summed E-state index contributed by atoms with van der Waals surface area (Å²) in [6, 6.07) is 12.2. The molecule has 0 saturated heterocycles. The first-order valence-electron chi connectivity index (χ1n) is 6.84. The number of ether oxygens (including phenoxy) is 2. The summed E-state index contributed by atoms with van der Waals surface area (Å²) in [4.78, 5) is 4.44. The van der Waals surface area contributed by atoms with Gasteiger partial charge < -0.3 is 14.0 Å². The lowest BCUT2D eigenvalue weighted by atomic mass is 10.2. The van der Waals surface area contributed by atoms with Crippen molar-refractivity contribution < 1.29 is 9.47 Å². The lowest BCUT2D eigenvalue weighted by molar-refractivity contribution is 0.412. The van der Waals surface area contributed by atoms with Gasteiger partial charge in [-0.15, -0.1) is 0 Å². The van der Waals surface area contributed by atoms with Gasteiger partial charge in [-0.3, -0.25) is 4.98 Å². The van der Waals surface area contributed by atoms with Crippen molar-refractivity contribution >= 4 is 10.9 Å². The average molecular weight is 282 g/mol. The quantitative estimate of drug-likeness (QED) is 0.735. The Morgan fingerprint density at radius 3 is 2.43 bits per heavy atom. The van der Waals surface area contributed by atoms with E-state index in [1.165, 1.54) is 16.6 Å². The summed E-state index contributed by atoms with van der Waals surface area (Å²) in [5, 5.41) is 1.18. The summed E-state index contributed by atoms with van der Waals surface area (Å²) in [5.74, 6) is 1.65. The number of pyridine rings is 1. The Hall–Kier alpha value is -2.49. The minimum atomic E-state index is 0.742. The molecule has 1 aromatic carbocycles. The molecule has 0 aliphatic rings. The molecule has 4 nitrogen and oxygen atoms in total. The topological polar surface area (TPSA) is 36.3 Å². The molecule has 0 aliphatic carbocycles. The normalized spacial score (nSPS) is 10.8. The fraction of sp³-hybridized carbons (Fsp3) is 0.235. The largest absolute Gasteiger partial charge is 0.497 e. The van der Waals surface area contributed by atoms with Crippen LogP contribution < -0.4 is 9.47 Å². The van der Waals surface area contributed by atoms with Crippen LogP contribution in [0.25, 0.3) is 10.9 Å². The summed E-state index contributed by atoms with van der Waals surface area (Å²) < 4.78 is 12.7. The highest BCUT2D eigenvalue weighted by atomic mass is 16.5. The van der Waals surface area contributed by atoms with Crippen LogP contribution in [0, 0.1) is 6.92 Å². The third-order valence-electron chi connectivity index (χ3n) is 3.67. The van der Waals surface area contributed by atoms with E-state index in [2.05, 4.69) is 34.7 Å². The van der Waals surface area contributed by atoms with Gasteiger partial charge in [0.1, 0.15) is 11.5 Å². The maximum atomic E-state index is 5.28. The molecule has 0 unspecified atom stereocenters. The van der Waals surface area contributed by atoms with Gasteiger partial charge in [-0.1, -0.05) is 0 Å². The zero-order valence-electron chi connectivity index (χ0n) is 12.5. The van der Waals surface area contributed by atoms with Gasteiger partial charge in [0.2, 0.25) is 0 Å². The highest BCUT2D eigenvalue weighted by Crippen LogP contribution is 2.25. The molecule has 0 fully saturated rings. The monoisotopic (exact) mass is 282 g/mol. The van der Waals surface area contributed by atoms with Crippen molar-refractivity contribution in [2.24, 2.45) is 0 Å². The zero-order valence-corrected chi connectivity index (χ0v) is 12.5. The molecule has 2 heterocycles. The highest BCUT2D eigenvalue weighted by Gasteiger charge is 2.08. The van der Waals surface area contributed by atoms with Crippen LogP contribution in [0.2, 0.25) is 0 Å². The molecular formula is C17H18N2O2. The number of benzene rings is 1. The van der Waals surface area contributed by atoms with Crippen molar-refractivity contribution in [2.45, 2.75) is 13.5 Å². The number of methoxy groups -OCH3 is 2. The molecule has 0 radical (unpaired) electrons. The molecule has 0 amide bonds. The molecule has 0 N–H and O–H groups in total. The Kier molecular flexibility index (Phi) is 3.52. The lowest BCUT2D eigenvalue weighted by Crippen LogP contribution is -2.03. The molecule has 0 saturated carbocycles. The number of aromatic nitrogens is 2. The van der Waals surface area contributed by atoms with Crippen LogP contribution in [-0.2, 0) is 6.54 Å². The number of hydrogen-bond acceptors (Lipinski definition) is 3. The molecule has 0 aliphatic heterocycles. The maximum absolute atomic E-state index is 5.28. The second-order valence-corrected chi connectivity index (χ2v) is 4.99. The van der Waals surface area contributed by atoms with E-state index in [1.54, 1.807) is 20.4 Å². The molecular weight excluding hydrogens is 264 g/mol. The molecule has 3 rings (SSSR count). The van der Waals surface area contributed by atoms with Crippen LogP contribution in [0.4, 0.5) is 0 Å². The third kappa shape index (κ3) is 2.57. The van der Waals surface area contributed by atoms with Crippen molar-refractivity contribution in [1.82, 2.24) is 9.55 Å². The van der Waals surface area contributed by atoms with Gasteiger partial charge in [-0.25, -0.2) is 0 Å². The van der Waals surface area contributed by atoms with Gasteiger partial charge in [-0.05, 0) is 43.3 Å². The summed E-state index contributed by atoms with van der Waals surface area (Å²) in [5.41, 5.74) is 3.40. The van der Waals surface area contributed by atoms with Gasteiger partial charge in [-0.2, -0.15) is 0 Å². The van der Waals surface area contributed by atoms with Gasteiger partial charge in [0, 0.05) is 16.6 Å². The van der Waals surface area contributed by atoms with Crippen LogP contribution >= 0.6 is 0 Å². The zero-order chi connectivity index (χ0) is 14.8. The molecule has 0 spiro atoms. The standard InChI is InChI=1S/C17H18N2O2/c1-12-8-13-9-15(20-2)6-7-17(13)19(12)11-14-4-5-16(21-3)10-18-14/h4-10H,11H2,1-3H3. The maximum Gasteiger partial charge on any atom is 0.137 e. The van der Waals surface area contributed by atoms with E-state index in [0.717, 1.165) is 23.7 Å². The number of rotatable bonds is 4. The lowest BCUT2D eigenvalue weighted by Gasteiger charge is -2.09. The number of aryl methyl sites for hydroxylation is 1. The van der Waals surface area contributed by atoms with Crippen LogP contribution in [0.5, 0.6) is 11.5 Å². The molecule has 0 atom stereocenters. The van der Waals surface area contributed by atoms with E-state index >= 15 is 0 Å². The van der Waals surface area contributed by atoms with Gasteiger partial charge in [0.15, 0.2) is 0 Å². The van der Waals surface area contributed by atoms with E-state index in [0.29, 0.717) is 0 Å². The molecule has 4 heteroatoms. The Bertz CT molecular complexity index is 760. The predicted molar refractivity (Wildman–Crippen MR) is 83.1 cm³/mol. The first-order chi connectivity index (χ1) is 10.2. The van der Waals surface area contributed by atoms with E-state index in [4.69, 9.17) is 9.47 Å². The van der Waals surface area contributed by atoms with Crippen LogP contribution in [0.1, 0.15) is 11.4 Å². The number of fused-ring (bicyclic) bond motifs is 1. The Morgan fingerprint density at radius 2 is 1.76 bits per heavy atom. The fourth-order valence-electron chi connectivity index (χ4n) is 2.51. The minimum Gasteiger partial charge on any atom is -0.497 e. The van der Waals surface area contributed by atoms with Gasteiger partial charge in [0.05, 0.1) is 32.7 Å². The Labute approximate surface area is 123 Å². The number of hydrogen-bond donors (Lipinski definition) is 0. The van der Waals surface area contributed by atoms with Crippen molar-refractivity contribution in [3.8, 4) is 11.5 Å². The smallest absolute Gasteiger partial charge is 0.137 e. The predicted octanol–water partition coefficient (Wildman–Crippen LogP) is 3.41. The second kappa shape index (κ2) is 5.48. The first kappa shape index (κ1) is 13.5. The van der Waals surface area contributed by atoms with Gasteiger partial charge in [0.25, 0.3) is 0 Å². The highest BCUT2D eigenvalue weighted by molar-refractivity contribution is 5.83. The first-order valence-corrected chi connectivity index (χ1v) is 6.84. The summed E-state index contributed by atoms with van der Waals surface area (Å²) in [6.45, 7) is 2.85. The van der Waals surface area contributed by atoms with Crippen LogP contribution in [0.3, 0.4) is 0 Å². The third-order valence-corrected chi connectivity index (χ3v) is 3.67. The Balaban J connectivity index is 1.97. The van der Waals surface area contributed by atoms with Gasteiger partial charge >= 0.3 is 0 Å². The van der Waals surface area contributed by atoms with E-state index < -0.39 is 0 Å². The Morgan fingerprint density at radius 1 is 1.00 bits per heavy atom. The molecule has 3 aromatic rings. The average Bonchev–Trinajstić information content (AvgIpc) is 2.83. The molecule has 2 aromatic heterocycles. The summed E-state index contributed by atoms with van der Waals surface area (Å²) in [7, 11) is 3.33. The van der Waals surface area contributed by atoms with Crippen LogP contribution in [-0.4, -0.2) is 23.8 Å². The van der Waals surface area contributed by atoms with Crippen molar-refractivity contribution in [2.75, 3.05) is 14.2 Å². The SMILES string of the molecule is COc1ccc(Cn2c(C)cc3cc(OC)ccc32)nc1. The molecule has 108 valence electrons.